The predicted octanol–water partition coefficient (Wildman–Crippen LogP) is 8.99. The smallest absolute Gasteiger partial charge is 0.267 e. The molecule has 0 saturated heterocycles. The normalized spacial score (nSPS) is 14.4. The first-order valence-electron chi connectivity index (χ1n) is 18.1. The summed E-state index contributed by atoms with van der Waals surface area (Å²) in [5, 5.41) is 23.2. The molecule has 0 radical (unpaired) electrons. The number of nitrogens with one attached hydrogen (secondary N) is 1. The maximum atomic E-state index is 12.5. The fraction of sp³-hybridized carbons (Fsp3) is 0.861. The van der Waals surface area contributed by atoms with Crippen molar-refractivity contribution in [3.8, 4) is 0 Å². The summed E-state index contributed by atoms with van der Waals surface area (Å²) < 4.78 is 32.3. The highest BCUT2D eigenvalue weighted by atomic mass is 32.2. The van der Waals surface area contributed by atoms with Gasteiger partial charge in [-0.1, -0.05) is 154 Å². The molecule has 3 unspecified atom stereocenters. The molecule has 0 spiro atoms. The first kappa shape index (κ1) is 42.8. The molecule has 0 heterocycles. The molecule has 0 aromatic carbocycles. The van der Waals surface area contributed by atoms with Crippen molar-refractivity contribution in [2.24, 2.45) is 0 Å². The second-order valence-corrected chi connectivity index (χ2v) is 14.1. The Balaban J connectivity index is 4.05. The SMILES string of the molecule is CCCCCCCCC/C=C/C(O)C(CS(=O)(=O)O)NC(=O)C(O)CCCCCCCC/C=C\CCCCCCCCCC. The van der Waals surface area contributed by atoms with Crippen molar-refractivity contribution in [3.63, 3.8) is 0 Å². The van der Waals surface area contributed by atoms with Gasteiger partial charge in [0, 0.05) is 0 Å². The molecule has 0 rings (SSSR count). The maximum absolute atomic E-state index is 12.5. The lowest BCUT2D eigenvalue weighted by Crippen LogP contribution is -2.50. The number of aliphatic hydroxyl groups is 2. The number of unbranched alkanes of at least 4 members (excludes halogenated alkanes) is 21. The predicted molar refractivity (Wildman–Crippen MR) is 185 cm³/mol. The minimum Gasteiger partial charge on any atom is -0.387 e. The minimum atomic E-state index is -4.43. The summed E-state index contributed by atoms with van der Waals surface area (Å²) in [5.41, 5.74) is 0. The van der Waals surface area contributed by atoms with Gasteiger partial charge in [-0.05, 0) is 44.9 Å². The summed E-state index contributed by atoms with van der Waals surface area (Å²) in [5.74, 6) is -1.54. The van der Waals surface area contributed by atoms with Crippen LogP contribution >= 0.6 is 0 Å². The van der Waals surface area contributed by atoms with Crippen LogP contribution < -0.4 is 5.32 Å². The maximum Gasteiger partial charge on any atom is 0.267 e. The standard InChI is InChI=1S/C36H69NO6S/c1-3-5-7-9-11-13-14-15-16-17-18-19-20-21-23-25-27-29-31-35(39)36(40)37-33(32-44(41,42)43)34(38)30-28-26-24-22-12-10-8-6-4-2/h17-18,28,30,33-35,38-39H,3-16,19-27,29,31-32H2,1-2H3,(H,37,40)(H,41,42,43)/b18-17-,30-28+. The van der Waals surface area contributed by atoms with Crippen LogP contribution in [0.3, 0.4) is 0 Å². The van der Waals surface area contributed by atoms with E-state index in [0.29, 0.717) is 6.42 Å². The lowest BCUT2D eigenvalue weighted by Gasteiger charge is -2.22. The first-order chi connectivity index (χ1) is 21.2. The largest absolute Gasteiger partial charge is 0.387 e. The Hall–Kier alpha value is -1.22. The van der Waals surface area contributed by atoms with Gasteiger partial charge in [-0.15, -0.1) is 0 Å². The molecule has 0 aromatic rings. The molecular weight excluding hydrogens is 574 g/mol. The lowest BCUT2D eigenvalue weighted by molar-refractivity contribution is -0.130. The number of carbonyl (C=O) groups excluding carboxylic acids is 1. The van der Waals surface area contributed by atoms with E-state index in [2.05, 4.69) is 31.3 Å². The molecule has 44 heavy (non-hydrogen) atoms. The number of hydrogen-bond acceptors (Lipinski definition) is 5. The monoisotopic (exact) mass is 643 g/mol. The van der Waals surface area contributed by atoms with E-state index in [4.69, 9.17) is 0 Å². The number of allylic oxidation sites excluding steroid dienone is 3. The third-order valence-corrected chi connectivity index (χ3v) is 9.01. The quantitative estimate of drug-likeness (QED) is 0.0329. The van der Waals surface area contributed by atoms with E-state index in [1.807, 2.05) is 0 Å². The fourth-order valence-corrected chi connectivity index (χ4v) is 6.12. The summed E-state index contributed by atoms with van der Waals surface area (Å²) in [7, 11) is -4.43. The Bertz CT molecular complexity index is 813. The Kier molecular flexibility index (Phi) is 29.6. The number of hydrogen-bond donors (Lipinski definition) is 4. The molecule has 0 fully saturated rings. The second-order valence-electron chi connectivity index (χ2n) is 12.6. The van der Waals surface area contributed by atoms with Crippen LogP contribution in [-0.4, -0.2) is 53.1 Å². The fourth-order valence-electron chi connectivity index (χ4n) is 5.39. The molecule has 0 bridgehead atoms. The number of carbonyl (C=O) groups is 1. The van der Waals surface area contributed by atoms with E-state index >= 15 is 0 Å². The molecule has 0 aliphatic heterocycles. The van der Waals surface area contributed by atoms with Crippen LogP contribution in [0, 0.1) is 0 Å². The first-order valence-corrected chi connectivity index (χ1v) is 19.8. The molecule has 0 saturated carbocycles. The van der Waals surface area contributed by atoms with E-state index in [1.165, 1.54) is 109 Å². The van der Waals surface area contributed by atoms with E-state index < -0.39 is 40.0 Å². The van der Waals surface area contributed by atoms with Crippen molar-refractivity contribution < 1.29 is 28.0 Å². The zero-order valence-corrected chi connectivity index (χ0v) is 29.2. The van der Waals surface area contributed by atoms with Crippen LogP contribution in [0.25, 0.3) is 0 Å². The van der Waals surface area contributed by atoms with Gasteiger partial charge in [0.2, 0.25) is 5.91 Å². The molecule has 0 aliphatic rings. The van der Waals surface area contributed by atoms with Gasteiger partial charge in [0.1, 0.15) is 6.10 Å². The third-order valence-electron chi connectivity index (χ3n) is 8.23. The van der Waals surface area contributed by atoms with Gasteiger partial charge in [-0.25, -0.2) is 0 Å². The van der Waals surface area contributed by atoms with Crippen molar-refractivity contribution >= 4 is 16.0 Å². The van der Waals surface area contributed by atoms with E-state index in [1.54, 1.807) is 6.08 Å². The van der Waals surface area contributed by atoms with Gasteiger partial charge in [-0.3, -0.25) is 9.35 Å². The second kappa shape index (κ2) is 30.4. The summed E-state index contributed by atoms with van der Waals surface area (Å²) in [4.78, 5) is 12.5. The van der Waals surface area contributed by atoms with Crippen LogP contribution in [0.5, 0.6) is 0 Å². The molecule has 1 amide bonds. The third kappa shape index (κ3) is 29.5. The molecule has 260 valence electrons. The highest BCUT2D eigenvalue weighted by Crippen LogP contribution is 2.13. The molecular formula is C36H69NO6S. The lowest BCUT2D eigenvalue weighted by atomic mass is 10.0. The molecule has 3 atom stereocenters. The van der Waals surface area contributed by atoms with Gasteiger partial charge in [0.05, 0.1) is 17.9 Å². The summed E-state index contributed by atoms with van der Waals surface area (Å²) >= 11 is 0. The van der Waals surface area contributed by atoms with Crippen LogP contribution in [0.4, 0.5) is 0 Å². The minimum absolute atomic E-state index is 0.274. The van der Waals surface area contributed by atoms with Crippen molar-refractivity contribution in [1.29, 1.82) is 0 Å². The number of rotatable bonds is 32. The molecule has 8 heteroatoms. The van der Waals surface area contributed by atoms with E-state index in [-0.39, 0.29) is 6.42 Å². The molecule has 0 aromatic heterocycles. The van der Waals surface area contributed by atoms with E-state index in [9.17, 15) is 28.0 Å². The van der Waals surface area contributed by atoms with Gasteiger partial charge in [0.25, 0.3) is 10.1 Å². The average molecular weight is 644 g/mol. The Morgan fingerprint density at radius 1 is 0.614 bits per heavy atom. The Labute approximate surface area is 271 Å². The van der Waals surface area contributed by atoms with Crippen LogP contribution in [0.1, 0.15) is 174 Å². The van der Waals surface area contributed by atoms with Crippen molar-refractivity contribution in [2.45, 2.75) is 193 Å². The van der Waals surface area contributed by atoms with Gasteiger partial charge in [0.15, 0.2) is 0 Å². The van der Waals surface area contributed by atoms with Gasteiger partial charge in [-0.2, -0.15) is 8.42 Å². The number of amides is 1. The zero-order valence-electron chi connectivity index (χ0n) is 28.4. The Morgan fingerprint density at radius 3 is 1.43 bits per heavy atom. The molecule has 0 aliphatic carbocycles. The van der Waals surface area contributed by atoms with Crippen LogP contribution in [0.2, 0.25) is 0 Å². The summed E-state index contributed by atoms with van der Waals surface area (Å²) in [6.07, 6.45) is 33.9. The zero-order chi connectivity index (χ0) is 32.7. The molecule has 7 nitrogen and oxygen atoms in total. The van der Waals surface area contributed by atoms with Gasteiger partial charge >= 0.3 is 0 Å². The summed E-state index contributed by atoms with van der Waals surface area (Å²) in [6, 6.07) is -1.23. The Morgan fingerprint density at radius 2 is 1.00 bits per heavy atom. The van der Waals surface area contributed by atoms with E-state index in [0.717, 1.165) is 44.9 Å². The van der Waals surface area contributed by atoms with Crippen molar-refractivity contribution in [3.05, 3.63) is 24.3 Å². The highest BCUT2D eigenvalue weighted by molar-refractivity contribution is 7.85. The average Bonchev–Trinajstić information content (AvgIpc) is 2.98. The van der Waals surface area contributed by atoms with Crippen LogP contribution in [0.15, 0.2) is 24.3 Å². The summed E-state index contributed by atoms with van der Waals surface area (Å²) in [6.45, 7) is 4.45. The van der Waals surface area contributed by atoms with Crippen molar-refractivity contribution in [2.75, 3.05) is 5.75 Å². The topological polar surface area (TPSA) is 124 Å². The van der Waals surface area contributed by atoms with Crippen LogP contribution in [-0.2, 0) is 14.9 Å². The molecule has 4 N–H and O–H groups in total. The van der Waals surface area contributed by atoms with Gasteiger partial charge < -0.3 is 15.5 Å². The van der Waals surface area contributed by atoms with Crippen molar-refractivity contribution in [1.82, 2.24) is 5.32 Å². The highest BCUT2D eigenvalue weighted by Gasteiger charge is 2.27. The number of aliphatic hydroxyl groups excluding tert-OH is 2.